The van der Waals surface area contributed by atoms with Gasteiger partial charge in [0, 0.05) is 54.0 Å². The van der Waals surface area contributed by atoms with Crippen molar-refractivity contribution >= 4 is 39.2 Å². The fourth-order valence-electron chi connectivity index (χ4n) is 3.63. The van der Waals surface area contributed by atoms with Crippen molar-refractivity contribution in [1.29, 1.82) is 0 Å². The van der Waals surface area contributed by atoms with E-state index in [2.05, 4.69) is 24.0 Å². The van der Waals surface area contributed by atoms with Crippen LogP contribution in [0.2, 0.25) is 0 Å². The number of rotatable bonds is 10. The first-order valence-corrected chi connectivity index (χ1v) is 11.8. The highest BCUT2D eigenvalue weighted by Crippen LogP contribution is 2.33. The Balaban J connectivity index is 1.85. The van der Waals surface area contributed by atoms with Gasteiger partial charge in [-0.15, -0.1) is 11.6 Å². The molecule has 7 heteroatoms. The lowest BCUT2D eigenvalue weighted by atomic mass is 10.0. The molecule has 0 bridgehead atoms. The molecule has 1 aliphatic carbocycles. The van der Waals surface area contributed by atoms with E-state index in [4.69, 9.17) is 30.7 Å². The van der Waals surface area contributed by atoms with Crippen molar-refractivity contribution < 1.29 is 14.9 Å². The molecule has 2 aliphatic rings. The molecule has 1 heterocycles. The number of alkyl halides is 1. The van der Waals surface area contributed by atoms with Crippen molar-refractivity contribution in [2.24, 2.45) is 4.99 Å². The van der Waals surface area contributed by atoms with Gasteiger partial charge in [-0.2, -0.15) is 0 Å². The number of aromatic nitrogens is 1. The molecule has 4 rings (SSSR count). The first-order chi connectivity index (χ1) is 15.7. The van der Waals surface area contributed by atoms with Crippen LogP contribution < -0.4 is 21.1 Å². The van der Waals surface area contributed by atoms with E-state index >= 15 is 0 Å². The second kappa shape index (κ2) is 10.7. The molecule has 0 unspecified atom stereocenters. The summed E-state index contributed by atoms with van der Waals surface area (Å²) in [4.78, 5) is 9.74. The normalized spacial score (nSPS) is 12.2. The van der Waals surface area contributed by atoms with Gasteiger partial charge in [0.2, 0.25) is 0 Å². The van der Waals surface area contributed by atoms with Gasteiger partial charge in [0.1, 0.15) is 17.0 Å². The minimum atomic E-state index is 0.579. The van der Waals surface area contributed by atoms with Crippen LogP contribution in [0.25, 0.3) is 33.3 Å². The number of anilines is 1. The Morgan fingerprint density at radius 3 is 2.84 bits per heavy atom. The third-order valence-electron chi connectivity index (χ3n) is 5.24. The molecule has 2 aromatic carbocycles. The summed E-state index contributed by atoms with van der Waals surface area (Å²) >= 11 is 5.79. The standard InChI is InChI=1S/C25H29ClN4O2/c1-2-11-29-22-16-24-25(20-15-18(6-7-19(20)22)31-13-3-9-26)30-21-8-5-17(14-23(21)32-24)28-12-4-10-27/h5-8,14-16,28H,2-4,9-13,27H2,1H3/p+1. The smallest absolute Gasteiger partial charge is 0.155 e. The predicted octanol–water partition coefficient (Wildman–Crippen LogP) is 4.45. The maximum Gasteiger partial charge on any atom is 0.155 e. The topological polar surface area (TPSA) is 87.3 Å². The summed E-state index contributed by atoms with van der Waals surface area (Å²) in [6.45, 7) is 5.25. The van der Waals surface area contributed by atoms with E-state index in [1.807, 2.05) is 36.4 Å². The number of quaternary nitrogens is 1. The van der Waals surface area contributed by atoms with Crippen LogP contribution in [-0.4, -0.2) is 37.1 Å². The maximum atomic E-state index is 6.33. The van der Waals surface area contributed by atoms with Crippen molar-refractivity contribution in [1.82, 2.24) is 4.98 Å². The summed E-state index contributed by atoms with van der Waals surface area (Å²) in [6, 6.07) is 14.1. The molecule has 2 aromatic rings. The monoisotopic (exact) mass is 453 g/mol. The average Bonchev–Trinajstić information content (AvgIpc) is 2.81. The van der Waals surface area contributed by atoms with E-state index in [-0.39, 0.29) is 0 Å². The minimum Gasteiger partial charge on any atom is -0.494 e. The summed E-state index contributed by atoms with van der Waals surface area (Å²) in [5.41, 5.74) is 7.27. The third-order valence-corrected chi connectivity index (χ3v) is 5.51. The number of ether oxygens (including phenoxy) is 1. The molecule has 0 spiro atoms. The Kier molecular flexibility index (Phi) is 7.45. The average molecular weight is 454 g/mol. The van der Waals surface area contributed by atoms with Crippen LogP contribution in [0.15, 0.2) is 51.9 Å². The zero-order valence-electron chi connectivity index (χ0n) is 18.5. The van der Waals surface area contributed by atoms with Gasteiger partial charge in [0.25, 0.3) is 0 Å². The highest BCUT2D eigenvalue weighted by atomic mass is 35.5. The zero-order valence-corrected chi connectivity index (χ0v) is 19.3. The highest BCUT2D eigenvalue weighted by Gasteiger charge is 2.16. The lowest BCUT2D eigenvalue weighted by molar-refractivity contribution is -0.367. The number of nitrogens with zero attached hydrogens (tertiary/aromatic N) is 2. The molecule has 0 saturated heterocycles. The van der Waals surface area contributed by atoms with E-state index in [0.717, 1.165) is 83.3 Å². The largest absolute Gasteiger partial charge is 0.494 e. The summed E-state index contributed by atoms with van der Waals surface area (Å²) < 4.78 is 12.2. The third kappa shape index (κ3) is 4.97. The van der Waals surface area contributed by atoms with Gasteiger partial charge in [-0.25, -0.2) is 4.98 Å². The molecule has 0 atom stereocenters. The van der Waals surface area contributed by atoms with Crippen LogP contribution in [0, 0.1) is 0 Å². The van der Waals surface area contributed by atoms with Crippen molar-refractivity contribution in [2.75, 3.05) is 37.4 Å². The maximum absolute atomic E-state index is 6.33. The Hall–Kier alpha value is -2.83. The second-order valence-electron chi connectivity index (χ2n) is 7.75. The van der Waals surface area contributed by atoms with Gasteiger partial charge >= 0.3 is 0 Å². The quantitative estimate of drug-likeness (QED) is 0.161. The molecule has 168 valence electrons. The number of fused-ring (bicyclic) bond motifs is 4. The molecule has 0 amide bonds. The SMILES string of the molecule is CCCN=c1cc2oc3cc(NCCC[NH3+])ccc3nc-2c2cc(OCCCCl)ccc12. The first-order valence-electron chi connectivity index (χ1n) is 11.3. The Morgan fingerprint density at radius 1 is 1.12 bits per heavy atom. The van der Waals surface area contributed by atoms with Crippen LogP contribution in [0.3, 0.4) is 0 Å². The number of benzene rings is 3. The van der Waals surface area contributed by atoms with Crippen molar-refractivity contribution in [3.05, 3.63) is 47.8 Å². The van der Waals surface area contributed by atoms with Gasteiger partial charge in [0.15, 0.2) is 11.3 Å². The molecular weight excluding hydrogens is 424 g/mol. The van der Waals surface area contributed by atoms with E-state index in [1.54, 1.807) is 0 Å². The fourth-order valence-corrected chi connectivity index (χ4v) is 3.74. The first kappa shape index (κ1) is 22.4. The number of hydrogen-bond acceptors (Lipinski definition) is 5. The molecule has 4 N–H and O–H groups in total. The van der Waals surface area contributed by atoms with E-state index in [1.165, 1.54) is 0 Å². The molecule has 6 nitrogen and oxygen atoms in total. The van der Waals surface area contributed by atoms with Crippen LogP contribution in [0.5, 0.6) is 5.75 Å². The van der Waals surface area contributed by atoms with Gasteiger partial charge < -0.3 is 20.2 Å². The minimum absolute atomic E-state index is 0.579. The molecule has 32 heavy (non-hydrogen) atoms. The van der Waals surface area contributed by atoms with Gasteiger partial charge in [-0.1, -0.05) is 6.92 Å². The lowest BCUT2D eigenvalue weighted by Gasteiger charge is -2.13. The number of halogens is 1. The lowest BCUT2D eigenvalue weighted by Crippen LogP contribution is -2.50. The zero-order chi connectivity index (χ0) is 22.3. The molecule has 0 fully saturated rings. The van der Waals surface area contributed by atoms with Gasteiger partial charge in [-0.05, 0) is 43.2 Å². The molecule has 0 radical (unpaired) electrons. The summed E-state index contributed by atoms with van der Waals surface area (Å²) in [7, 11) is 0. The highest BCUT2D eigenvalue weighted by molar-refractivity contribution is 6.17. The summed E-state index contributed by atoms with van der Waals surface area (Å²) in [5.74, 6) is 2.09. The van der Waals surface area contributed by atoms with Crippen LogP contribution in [0.1, 0.15) is 26.2 Å². The van der Waals surface area contributed by atoms with Gasteiger partial charge in [0.05, 0.1) is 18.5 Å². The van der Waals surface area contributed by atoms with Crippen LogP contribution >= 0.6 is 11.6 Å². The summed E-state index contributed by atoms with van der Waals surface area (Å²) in [5, 5.41) is 6.35. The molecular formula is C25H30ClN4O2+. The van der Waals surface area contributed by atoms with Crippen LogP contribution in [0.4, 0.5) is 5.69 Å². The Bertz CT molecular complexity index is 1240. The fraction of sp³-hybridized carbons (Fsp3) is 0.360. The molecule has 0 aromatic heterocycles. The van der Waals surface area contributed by atoms with E-state index in [0.29, 0.717) is 18.2 Å². The predicted molar refractivity (Wildman–Crippen MR) is 131 cm³/mol. The number of hydrogen-bond donors (Lipinski definition) is 2. The van der Waals surface area contributed by atoms with E-state index < -0.39 is 0 Å². The van der Waals surface area contributed by atoms with Crippen molar-refractivity contribution in [3.8, 4) is 17.2 Å². The van der Waals surface area contributed by atoms with Gasteiger partial charge in [-0.3, -0.25) is 4.99 Å². The number of nitrogens with one attached hydrogen (secondary N) is 1. The van der Waals surface area contributed by atoms with Crippen molar-refractivity contribution in [2.45, 2.75) is 26.2 Å². The molecule has 1 aliphatic heterocycles. The Morgan fingerprint density at radius 2 is 2.03 bits per heavy atom. The second-order valence-corrected chi connectivity index (χ2v) is 8.13. The van der Waals surface area contributed by atoms with E-state index in [9.17, 15) is 0 Å². The Labute approximate surface area is 192 Å². The molecule has 0 saturated carbocycles. The summed E-state index contributed by atoms with van der Waals surface area (Å²) in [6.07, 6.45) is 2.80. The van der Waals surface area contributed by atoms with Crippen molar-refractivity contribution in [3.63, 3.8) is 0 Å². The van der Waals surface area contributed by atoms with Crippen LogP contribution in [-0.2, 0) is 0 Å².